The Kier molecular flexibility index (Phi) is 4.99. The van der Waals surface area contributed by atoms with Gasteiger partial charge in [0.15, 0.2) is 5.75 Å². The molecule has 2 rings (SSSR count). The molecule has 0 aromatic heterocycles. The molecular weight excluding hydrogens is 310 g/mol. The molecular formula is C13H19N3O5S. The van der Waals surface area contributed by atoms with Crippen LogP contribution in [0, 0.1) is 10.1 Å². The van der Waals surface area contributed by atoms with E-state index in [-0.39, 0.29) is 22.4 Å². The number of nitro benzene ring substituents is 1. The van der Waals surface area contributed by atoms with Crippen molar-refractivity contribution in [2.24, 2.45) is 0 Å². The molecule has 22 heavy (non-hydrogen) atoms. The van der Waals surface area contributed by atoms with E-state index in [0.29, 0.717) is 12.8 Å². The molecule has 122 valence electrons. The molecule has 1 aromatic rings. The fourth-order valence-electron chi connectivity index (χ4n) is 2.51. The number of hydrogen-bond acceptors (Lipinski definition) is 6. The van der Waals surface area contributed by atoms with E-state index in [1.165, 1.54) is 30.6 Å². The third kappa shape index (κ3) is 3.21. The van der Waals surface area contributed by atoms with Crippen molar-refractivity contribution in [3.8, 4) is 5.75 Å². The number of methoxy groups -OCH3 is 1. The summed E-state index contributed by atoms with van der Waals surface area (Å²) in [6.45, 7) is 1.51. The second kappa shape index (κ2) is 6.59. The Balaban J connectivity index is 2.36. The molecule has 1 N–H and O–H groups in total. The van der Waals surface area contributed by atoms with Crippen molar-refractivity contribution < 1.29 is 18.1 Å². The van der Waals surface area contributed by atoms with Crippen LogP contribution in [0.1, 0.15) is 12.8 Å². The second-order valence-electron chi connectivity index (χ2n) is 5.09. The van der Waals surface area contributed by atoms with Gasteiger partial charge in [-0.1, -0.05) is 0 Å². The summed E-state index contributed by atoms with van der Waals surface area (Å²) in [5.41, 5.74) is -0.359. The molecule has 0 amide bonds. The molecule has 0 spiro atoms. The minimum Gasteiger partial charge on any atom is -0.490 e. The van der Waals surface area contributed by atoms with Crippen LogP contribution in [0.3, 0.4) is 0 Å². The smallest absolute Gasteiger partial charge is 0.312 e. The quantitative estimate of drug-likeness (QED) is 0.638. The largest absolute Gasteiger partial charge is 0.490 e. The highest BCUT2D eigenvalue weighted by molar-refractivity contribution is 7.89. The molecule has 1 aliphatic heterocycles. The van der Waals surface area contributed by atoms with Crippen LogP contribution >= 0.6 is 0 Å². The summed E-state index contributed by atoms with van der Waals surface area (Å²) in [7, 11) is -0.956. The molecule has 1 fully saturated rings. The normalized spacial score (nSPS) is 16.7. The fraction of sp³-hybridized carbons (Fsp3) is 0.538. The van der Waals surface area contributed by atoms with Crippen LogP contribution < -0.4 is 10.1 Å². The zero-order valence-corrected chi connectivity index (χ0v) is 13.3. The molecule has 0 bridgehead atoms. The van der Waals surface area contributed by atoms with Crippen molar-refractivity contribution in [2.45, 2.75) is 23.8 Å². The molecule has 1 heterocycles. The first-order chi connectivity index (χ1) is 10.4. The Morgan fingerprint density at radius 3 is 2.55 bits per heavy atom. The van der Waals surface area contributed by atoms with Crippen molar-refractivity contribution in [3.05, 3.63) is 28.3 Å². The predicted octanol–water partition coefficient (Wildman–Crippen LogP) is 0.976. The van der Waals surface area contributed by atoms with E-state index in [1.54, 1.807) is 0 Å². The Labute approximate surface area is 129 Å². The minimum atomic E-state index is -3.77. The lowest BCUT2D eigenvalue weighted by molar-refractivity contribution is -0.386. The van der Waals surface area contributed by atoms with E-state index in [0.717, 1.165) is 19.2 Å². The average molecular weight is 329 g/mol. The van der Waals surface area contributed by atoms with Crippen LogP contribution in [0.25, 0.3) is 0 Å². The van der Waals surface area contributed by atoms with Gasteiger partial charge in [0.25, 0.3) is 0 Å². The van der Waals surface area contributed by atoms with Crippen molar-refractivity contribution in [3.63, 3.8) is 0 Å². The number of piperidine rings is 1. The molecule has 0 aliphatic carbocycles. The van der Waals surface area contributed by atoms with Crippen molar-refractivity contribution in [2.75, 3.05) is 27.2 Å². The van der Waals surface area contributed by atoms with Crippen LogP contribution in [0.2, 0.25) is 0 Å². The molecule has 9 heteroatoms. The van der Waals surface area contributed by atoms with Crippen molar-refractivity contribution in [1.82, 2.24) is 9.62 Å². The number of benzene rings is 1. The van der Waals surface area contributed by atoms with Gasteiger partial charge in [-0.2, -0.15) is 4.31 Å². The molecule has 1 saturated heterocycles. The van der Waals surface area contributed by atoms with E-state index < -0.39 is 14.9 Å². The Morgan fingerprint density at radius 2 is 2.00 bits per heavy atom. The SMILES string of the molecule is COc1ccc(S(=O)(=O)N(C)C2CCNCC2)cc1[N+](=O)[O-]. The van der Waals surface area contributed by atoms with Gasteiger partial charge in [0.2, 0.25) is 10.0 Å². The van der Waals surface area contributed by atoms with Gasteiger partial charge in [-0.05, 0) is 38.1 Å². The molecule has 8 nitrogen and oxygen atoms in total. The first-order valence-electron chi connectivity index (χ1n) is 6.89. The van der Waals surface area contributed by atoms with Gasteiger partial charge in [0.05, 0.1) is 16.9 Å². The first-order valence-corrected chi connectivity index (χ1v) is 8.33. The summed E-state index contributed by atoms with van der Waals surface area (Å²) in [4.78, 5) is 10.3. The highest BCUT2D eigenvalue weighted by atomic mass is 32.2. The van der Waals surface area contributed by atoms with Gasteiger partial charge in [-0.3, -0.25) is 10.1 Å². The van der Waals surface area contributed by atoms with Gasteiger partial charge in [-0.25, -0.2) is 8.42 Å². The topological polar surface area (TPSA) is 102 Å². The average Bonchev–Trinajstić information content (AvgIpc) is 2.54. The van der Waals surface area contributed by atoms with Crippen LogP contribution in [0.15, 0.2) is 23.1 Å². The second-order valence-corrected chi connectivity index (χ2v) is 7.09. The van der Waals surface area contributed by atoms with E-state index in [4.69, 9.17) is 4.74 Å². The Hall–Kier alpha value is -1.71. The number of ether oxygens (including phenoxy) is 1. The number of sulfonamides is 1. The summed E-state index contributed by atoms with van der Waals surface area (Å²) in [6, 6.07) is 3.58. The summed E-state index contributed by atoms with van der Waals surface area (Å²) in [5.74, 6) is 0.0356. The third-order valence-corrected chi connectivity index (χ3v) is 5.75. The zero-order valence-electron chi connectivity index (χ0n) is 12.5. The van der Waals surface area contributed by atoms with Gasteiger partial charge < -0.3 is 10.1 Å². The fourth-order valence-corrected chi connectivity index (χ4v) is 3.94. The minimum absolute atomic E-state index is 0.0356. The lowest BCUT2D eigenvalue weighted by Gasteiger charge is -2.30. The highest BCUT2D eigenvalue weighted by Crippen LogP contribution is 2.31. The van der Waals surface area contributed by atoms with Crippen LogP contribution in [-0.4, -0.2) is 50.9 Å². The van der Waals surface area contributed by atoms with Gasteiger partial charge in [0.1, 0.15) is 0 Å². The van der Waals surface area contributed by atoms with Crippen LogP contribution in [0.4, 0.5) is 5.69 Å². The van der Waals surface area contributed by atoms with Crippen molar-refractivity contribution >= 4 is 15.7 Å². The third-order valence-electron chi connectivity index (χ3n) is 3.85. The van der Waals surface area contributed by atoms with E-state index >= 15 is 0 Å². The van der Waals surface area contributed by atoms with Crippen LogP contribution in [0.5, 0.6) is 5.75 Å². The summed E-state index contributed by atoms with van der Waals surface area (Å²) in [6.07, 6.45) is 1.43. The van der Waals surface area contributed by atoms with Crippen LogP contribution in [-0.2, 0) is 10.0 Å². The summed E-state index contributed by atoms with van der Waals surface area (Å²) < 4.78 is 31.5. The maximum Gasteiger partial charge on any atom is 0.312 e. The Morgan fingerprint density at radius 1 is 1.36 bits per heavy atom. The molecule has 1 aromatic carbocycles. The number of rotatable bonds is 5. The number of nitrogens with one attached hydrogen (secondary N) is 1. The standard InChI is InChI=1S/C13H19N3O5S/c1-15(10-5-7-14-8-6-10)22(19,20)11-3-4-13(21-2)12(9-11)16(17)18/h3-4,9-10,14H,5-8H2,1-2H3. The van der Waals surface area contributed by atoms with Gasteiger partial charge in [-0.15, -0.1) is 0 Å². The van der Waals surface area contributed by atoms with E-state index in [9.17, 15) is 18.5 Å². The monoisotopic (exact) mass is 329 g/mol. The highest BCUT2D eigenvalue weighted by Gasteiger charge is 2.30. The Bertz CT molecular complexity index is 656. The maximum atomic E-state index is 12.6. The molecule has 1 aliphatic rings. The zero-order chi connectivity index (χ0) is 16.3. The van der Waals surface area contributed by atoms with Gasteiger partial charge >= 0.3 is 5.69 Å². The number of hydrogen-bond donors (Lipinski definition) is 1. The first kappa shape index (κ1) is 16.7. The molecule has 0 unspecified atom stereocenters. The van der Waals surface area contributed by atoms with E-state index in [2.05, 4.69) is 5.32 Å². The molecule has 0 atom stereocenters. The lowest BCUT2D eigenvalue weighted by atomic mass is 10.1. The maximum absolute atomic E-state index is 12.6. The number of nitro groups is 1. The van der Waals surface area contributed by atoms with Crippen molar-refractivity contribution in [1.29, 1.82) is 0 Å². The molecule has 0 radical (unpaired) electrons. The summed E-state index contributed by atoms with van der Waals surface area (Å²) in [5, 5.41) is 14.2. The molecule has 0 saturated carbocycles. The predicted molar refractivity (Wildman–Crippen MR) is 80.5 cm³/mol. The van der Waals surface area contributed by atoms with Gasteiger partial charge in [0, 0.05) is 19.2 Å². The lowest BCUT2D eigenvalue weighted by Crippen LogP contribution is -2.43. The van der Waals surface area contributed by atoms with E-state index in [1.807, 2.05) is 0 Å². The number of nitrogens with zero attached hydrogens (tertiary/aromatic N) is 2. The summed E-state index contributed by atoms with van der Waals surface area (Å²) >= 11 is 0.